The Morgan fingerprint density at radius 3 is 2.62 bits per heavy atom. The number of hydrogen-bond donors (Lipinski definition) is 1. The van der Waals surface area contributed by atoms with Gasteiger partial charge in [-0.25, -0.2) is 9.50 Å². The van der Waals surface area contributed by atoms with Crippen LogP contribution in [0.15, 0.2) is 18.5 Å². The van der Waals surface area contributed by atoms with Crippen molar-refractivity contribution in [3.8, 4) is 0 Å². The van der Waals surface area contributed by atoms with Gasteiger partial charge in [0.2, 0.25) is 0 Å². The van der Waals surface area contributed by atoms with Gasteiger partial charge in [-0.15, -0.1) is 0 Å². The van der Waals surface area contributed by atoms with E-state index in [0.29, 0.717) is 5.92 Å². The quantitative estimate of drug-likeness (QED) is 0.920. The number of rotatable bonds is 2. The molecule has 1 saturated heterocycles. The summed E-state index contributed by atoms with van der Waals surface area (Å²) in [6.45, 7) is 9.43. The Morgan fingerprint density at radius 2 is 2.00 bits per heavy atom. The second-order valence-electron chi connectivity index (χ2n) is 7.03. The summed E-state index contributed by atoms with van der Waals surface area (Å²) in [7, 11) is 0. The van der Waals surface area contributed by atoms with Crippen molar-refractivity contribution in [2.24, 2.45) is 11.7 Å². The second-order valence-corrected chi connectivity index (χ2v) is 7.03. The van der Waals surface area contributed by atoms with Gasteiger partial charge in [-0.3, -0.25) is 0 Å². The summed E-state index contributed by atoms with van der Waals surface area (Å²) in [6, 6.07) is 2.18. The van der Waals surface area contributed by atoms with Crippen LogP contribution in [0.3, 0.4) is 0 Å². The average Bonchev–Trinajstić information content (AvgIpc) is 2.91. The van der Waals surface area contributed by atoms with E-state index in [2.05, 4.69) is 36.7 Å². The van der Waals surface area contributed by atoms with Crippen molar-refractivity contribution >= 4 is 11.3 Å². The maximum absolute atomic E-state index is 5.78. The van der Waals surface area contributed by atoms with E-state index in [1.807, 2.05) is 16.9 Å². The van der Waals surface area contributed by atoms with Crippen molar-refractivity contribution in [2.45, 2.75) is 39.0 Å². The number of aromatic nitrogens is 3. The van der Waals surface area contributed by atoms with Crippen LogP contribution >= 0.6 is 0 Å². The first-order valence-electron chi connectivity index (χ1n) is 7.79. The van der Waals surface area contributed by atoms with Crippen molar-refractivity contribution in [3.63, 3.8) is 0 Å². The lowest BCUT2D eigenvalue weighted by Gasteiger charge is -2.32. The Balaban J connectivity index is 1.94. The van der Waals surface area contributed by atoms with Crippen molar-refractivity contribution in [1.29, 1.82) is 0 Å². The lowest BCUT2D eigenvalue weighted by atomic mass is 9.92. The highest BCUT2D eigenvalue weighted by Gasteiger charge is 2.23. The number of nitrogens with zero attached hydrogens (tertiary/aromatic N) is 4. The largest absolute Gasteiger partial charge is 0.355 e. The maximum Gasteiger partial charge on any atom is 0.154 e. The first-order valence-corrected chi connectivity index (χ1v) is 7.79. The molecule has 1 aliphatic heterocycles. The molecule has 2 aromatic heterocycles. The SMILES string of the molecule is CC(C)(C)c1cc2c(N3CCC(CN)CC3)nccn2n1. The molecule has 2 aromatic rings. The van der Waals surface area contributed by atoms with Crippen molar-refractivity contribution in [2.75, 3.05) is 24.5 Å². The topological polar surface area (TPSA) is 59.5 Å². The molecule has 0 radical (unpaired) electrons. The number of piperidine rings is 1. The fourth-order valence-electron chi connectivity index (χ4n) is 2.90. The number of nitrogens with two attached hydrogens (primary N) is 1. The van der Waals surface area contributed by atoms with Gasteiger partial charge in [0.05, 0.1) is 5.69 Å². The fraction of sp³-hybridized carbons (Fsp3) is 0.625. The molecule has 2 N–H and O–H groups in total. The van der Waals surface area contributed by atoms with Crippen LogP contribution in [0.4, 0.5) is 5.82 Å². The van der Waals surface area contributed by atoms with Gasteiger partial charge in [0.15, 0.2) is 5.82 Å². The van der Waals surface area contributed by atoms with Crippen LogP contribution in [0.25, 0.3) is 5.52 Å². The molecule has 3 rings (SSSR count). The Bertz CT molecular complexity index is 617. The van der Waals surface area contributed by atoms with Gasteiger partial charge in [0.25, 0.3) is 0 Å². The summed E-state index contributed by atoms with van der Waals surface area (Å²) < 4.78 is 1.96. The van der Waals surface area contributed by atoms with E-state index in [1.165, 1.54) is 0 Å². The first kappa shape index (κ1) is 14.3. The molecular weight excluding hydrogens is 262 g/mol. The van der Waals surface area contributed by atoms with Crippen LogP contribution in [0.1, 0.15) is 39.3 Å². The number of fused-ring (bicyclic) bond motifs is 1. The van der Waals surface area contributed by atoms with Gasteiger partial charge < -0.3 is 10.6 Å². The van der Waals surface area contributed by atoms with Crippen LogP contribution in [0.5, 0.6) is 0 Å². The van der Waals surface area contributed by atoms with E-state index >= 15 is 0 Å². The second kappa shape index (κ2) is 5.30. The Morgan fingerprint density at radius 1 is 1.29 bits per heavy atom. The minimum absolute atomic E-state index is 0.0514. The van der Waals surface area contributed by atoms with Crippen LogP contribution in [-0.2, 0) is 5.41 Å². The molecule has 0 atom stereocenters. The van der Waals surface area contributed by atoms with Gasteiger partial charge in [0, 0.05) is 30.9 Å². The molecule has 3 heterocycles. The summed E-state index contributed by atoms with van der Waals surface area (Å²) in [5.74, 6) is 1.71. The highest BCUT2D eigenvalue weighted by molar-refractivity contribution is 5.69. The van der Waals surface area contributed by atoms with E-state index in [1.54, 1.807) is 0 Å². The van der Waals surface area contributed by atoms with E-state index in [-0.39, 0.29) is 5.41 Å². The van der Waals surface area contributed by atoms with Crippen molar-refractivity contribution in [3.05, 3.63) is 24.2 Å². The monoisotopic (exact) mass is 287 g/mol. The summed E-state index contributed by atoms with van der Waals surface area (Å²) >= 11 is 0. The predicted octanol–water partition coefficient (Wildman–Crippen LogP) is 2.20. The van der Waals surface area contributed by atoms with E-state index in [9.17, 15) is 0 Å². The lowest BCUT2D eigenvalue weighted by Crippen LogP contribution is -2.36. The average molecular weight is 287 g/mol. The van der Waals surface area contributed by atoms with Gasteiger partial charge >= 0.3 is 0 Å². The number of hydrogen-bond acceptors (Lipinski definition) is 4. The third-order valence-electron chi connectivity index (χ3n) is 4.39. The zero-order chi connectivity index (χ0) is 15.0. The van der Waals surface area contributed by atoms with Crippen LogP contribution in [0.2, 0.25) is 0 Å². The summed E-state index contributed by atoms with van der Waals surface area (Å²) in [5.41, 5.74) is 8.04. The molecule has 0 saturated carbocycles. The van der Waals surface area contributed by atoms with Crippen LogP contribution in [0, 0.1) is 5.92 Å². The molecule has 114 valence electrons. The maximum atomic E-state index is 5.78. The molecule has 0 spiro atoms. The third-order valence-corrected chi connectivity index (χ3v) is 4.39. The normalized spacial score (nSPS) is 17.6. The third kappa shape index (κ3) is 2.75. The molecule has 0 aromatic carbocycles. The predicted molar refractivity (Wildman–Crippen MR) is 85.7 cm³/mol. The molecule has 5 nitrogen and oxygen atoms in total. The van der Waals surface area contributed by atoms with Crippen LogP contribution < -0.4 is 10.6 Å². The first-order chi connectivity index (χ1) is 9.99. The molecule has 1 fully saturated rings. The van der Waals surface area contributed by atoms with Gasteiger partial charge in [0.1, 0.15) is 5.52 Å². The van der Waals surface area contributed by atoms with Gasteiger partial charge in [-0.2, -0.15) is 5.10 Å². The summed E-state index contributed by atoms with van der Waals surface area (Å²) in [6.07, 6.45) is 6.08. The zero-order valence-electron chi connectivity index (χ0n) is 13.2. The zero-order valence-corrected chi connectivity index (χ0v) is 13.2. The van der Waals surface area contributed by atoms with Crippen molar-refractivity contribution < 1.29 is 0 Å². The van der Waals surface area contributed by atoms with E-state index < -0.39 is 0 Å². The van der Waals surface area contributed by atoms with E-state index in [0.717, 1.165) is 49.5 Å². The summed E-state index contributed by atoms with van der Waals surface area (Å²) in [4.78, 5) is 6.98. The minimum atomic E-state index is 0.0514. The lowest BCUT2D eigenvalue weighted by molar-refractivity contribution is 0.413. The molecule has 0 amide bonds. The standard InChI is InChI=1S/C16H25N5/c1-16(2,3)14-10-13-15(18-6-9-21(13)19-14)20-7-4-12(11-17)5-8-20/h6,9-10,12H,4-5,7-8,11,17H2,1-3H3. The highest BCUT2D eigenvalue weighted by Crippen LogP contribution is 2.28. The molecule has 0 aliphatic carbocycles. The van der Waals surface area contributed by atoms with Gasteiger partial charge in [-0.1, -0.05) is 20.8 Å². The number of anilines is 1. The van der Waals surface area contributed by atoms with Crippen LogP contribution in [-0.4, -0.2) is 34.2 Å². The van der Waals surface area contributed by atoms with Gasteiger partial charge in [-0.05, 0) is 31.4 Å². The Kier molecular flexibility index (Phi) is 3.61. The Hall–Kier alpha value is -1.62. The van der Waals surface area contributed by atoms with Crippen molar-refractivity contribution in [1.82, 2.24) is 14.6 Å². The fourth-order valence-corrected chi connectivity index (χ4v) is 2.90. The molecule has 0 bridgehead atoms. The highest BCUT2D eigenvalue weighted by atomic mass is 15.3. The molecule has 5 heteroatoms. The summed E-state index contributed by atoms with van der Waals surface area (Å²) in [5, 5.41) is 4.70. The Labute approximate surface area is 126 Å². The molecule has 0 unspecified atom stereocenters. The van der Waals surface area contributed by atoms with E-state index in [4.69, 9.17) is 10.8 Å². The molecule has 1 aliphatic rings. The molecular formula is C16H25N5. The molecule has 21 heavy (non-hydrogen) atoms. The minimum Gasteiger partial charge on any atom is -0.355 e. The smallest absolute Gasteiger partial charge is 0.154 e.